The van der Waals surface area contributed by atoms with Gasteiger partial charge in [-0.15, -0.1) is 0 Å². The lowest BCUT2D eigenvalue weighted by Crippen LogP contribution is -2.60. The Hall–Kier alpha value is -1.33. The van der Waals surface area contributed by atoms with Crippen LogP contribution in [-0.4, -0.2) is 22.4 Å². The summed E-state index contributed by atoms with van der Waals surface area (Å²) in [4.78, 5) is 8.94. The highest BCUT2D eigenvalue weighted by molar-refractivity contribution is 7.40. The summed E-state index contributed by atoms with van der Waals surface area (Å²) in [6, 6.07) is 5.27. The molecule has 0 spiro atoms. The molecule has 1 N–H and O–H groups in total. The first-order valence-corrected chi connectivity index (χ1v) is 6.70. The van der Waals surface area contributed by atoms with Crippen LogP contribution in [0.4, 0.5) is 22.0 Å². The second kappa shape index (κ2) is 4.60. The summed E-state index contributed by atoms with van der Waals surface area (Å²) in [5.74, 6) is -4.83. The van der Waals surface area contributed by atoms with E-state index in [0.717, 1.165) is 24.3 Å². The topological polar surface area (TPSA) is 37.3 Å². The van der Waals surface area contributed by atoms with E-state index in [4.69, 9.17) is 4.89 Å². The van der Waals surface area contributed by atoms with Crippen LogP contribution in [-0.2, 0) is 10.2 Å². The maximum Gasteiger partial charge on any atom is 0.554 e. The highest BCUT2D eigenvalue weighted by Crippen LogP contribution is 2.63. The Morgan fingerprint density at radius 1 is 1.10 bits per heavy atom. The number of rotatable bonds is 2. The van der Waals surface area contributed by atoms with Gasteiger partial charge in [-0.25, -0.2) is 8.78 Å². The van der Waals surface area contributed by atoms with Crippen molar-refractivity contribution in [2.75, 3.05) is 0 Å². The molecule has 0 radical (unpaired) electrons. The Balaban J connectivity index is 2.78. The molecule has 0 heterocycles. The third-order valence-corrected chi connectivity index (χ3v) is 4.24. The van der Waals surface area contributed by atoms with Crippen LogP contribution in [0.2, 0.25) is 0 Å². The maximum absolute atomic E-state index is 14.9. The predicted octanol–water partition coefficient (Wildman–Crippen LogP) is 3.80. The zero-order valence-electron chi connectivity index (χ0n) is 9.81. The van der Waals surface area contributed by atoms with Crippen LogP contribution in [0.15, 0.2) is 42.5 Å². The zero-order chi connectivity index (χ0) is 15.2. The Morgan fingerprint density at radius 2 is 1.65 bits per heavy atom. The minimum Gasteiger partial charge on any atom is -0.236 e. The molecular formula is C12H9F5O2P+. The van der Waals surface area contributed by atoms with E-state index in [1.165, 1.54) is 6.07 Å². The van der Waals surface area contributed by atoms with Crippen molar-refractivity contribution in [3.63, 3.8) is 0 Å². The lowest BCUT2D eigenvalue weighted by Gasteiger charge is -2.39. The summed E-state index contributed by atoms with van der Waals surface area (Å²) >= 11 is 0. The molecule has 1 aromatic carbocycles. The summed E-state index contributed by atoms with van der Waals surface area (Å²) in [7, 11) is -4.01. The van der Waals surface area contributed by atoms with Gasteiger partial charge in [-0.1, -0.05) is 30.3 Å². The highest BCUT2D eigenvalue weighted by atomic mass is 31.1. The van der Waals surface area contributed by atoms with Gasteiger partial charge in [0.25, 0.3) is 5.67 Å². The standard InChI is InChI=1S/C12H8F5O2P/c13-9-6-7-10(14,20(18)19)11(15,12(9,16)17)8-4-2-1-3-5-8/h1-7,9H/p+1. The second-order valence-electron chi connectivity index (χ2n) is 4.35. The fraction of sp³-hybridized carbons (Fsp3) is 0.333. The third kappa shape index (κ3) is 1.73. The second-order valence-corrected chi connectivity index (χ2v) is 5.55. The van der Waals surface area contributed by atoms with Crippen LogP contribution in [0.3, 0.4) is 0 Å². The van der Waals surface area contributed by atoms with E-state index in [2.05, 4.69) is 0 Å². The van der Waals surface area contributed by atoms with Crippen LogP contribution >= 0.6 is 8.03 Å². The fourth-order valence-electron chi connectivity index (χ4n) is 2.13. The Bertz CT molecular complexity index is 564. The summed E-state index contributed by atoms with van der Waals surface area (Å²) in [6.45, 7) is 0. The van der Waals surface area contributed by atoms with Gasteiger partial charge in [0, 0.05) is 11.6 Å². The molecule has 1 aliphatic rings. The summed E-state index contributed by atoms with van der Waals surface area (Å²) in [5.41, 5.74) is -5.19. The number of allylic oxidation sites excluding steroid dienone is 2. The quantitative estimate of drug-likeness (QED) is 0.512. The van der Waals surface area contributed by atoms with Gasteiger partial charge < -0.3 is 0 Å². The molecule has 0 saturated heterocycles. The molecule has 0 bridgehead atoms. The molecule has 0 saturated carbocycles. The van der Waals surface area contributed by atoms with Crippen LogP contribution in [0.25, 0.3) is 0 Å². The lowest BCUT2D eigenvalue weighted by atomic mass is 9.78. The van der Waals surface area contributed by atoms with E-state index in [1.807, 2.05) is 0 Å². The van der Waals surface area contributed by atoms with Gasteiger partial charge >= 0.3 is 19.4 Å². The van der Waals surface area contributed by atoms with Crippen LogP contribution in [0.5, 0.6) is 0 Å². The Morgan fingerprint density at radius 3 is 2.15 bits per heavy atom. The molecule has 20 heavy (non-hydrogen) atoms. The van der Waals surface area contributed by atoms with Gasteiger partial charge in [-0.3, -0.25) is 0 Å². The van der Waals surface area contributed by atoms with E-state index >= 15 is 0 Å². The molecule has 0 aromatic heterocycles. The zero-order valence-corrected chi connectivity index (χ0v) is 10.7. The van der Waals surface area contributed by atoms with Crippen molar-refractivity contribution in [3.05, 3.63) is 48.0 Å². The van der Waals surface area contributed by atoms with E-state index in [0.29, 0.717) is 0 Å². The number of alkyl halides is 5. The average Bonchev–Trinajstić information content (AvgIpc) is 2.42. The fourth-order valence-corrected chi connectivity index (χ4v) is 2.89. The number of benzene rings is 1. The molecule has 0 aliphatic heterocycles. The Kier molecular flexibility index (Phi) is 3.47. The molecule has 4 atom stereocenters. The predicted molar refractivity (Wildman–Crippen MR) is 61.9 cm³/mol. The van der Waals surface area contributed by atoms with Gasteiger partial charge in [0.15, 0.2) is 6.17 Å². The molecule has 4 unspecified atom stereocenters. The van der Waals surface area contributed by atoms with E-state index in [-0.39, 0.29) is 12.2 Å². The van der Waals surface area contributed by atoms with Crippen molar-refractivity contribution in [2.24, 2.45) is 0 Å². The van der Waals surface area contributed by atoms with Crippen LogP contribution in [0, 0.1) is 0 Å². The van der Waals surface area contributed by atoms with Gasteiger partial charge in [-0.2, -0.15) is 18.1 Å². The normalized spacial score (nSPS) is 36.7. The molecule has 108 valence electrons. The van der Waals surface area contributed by atoms with Crippen LogP contribution < -0.4 is 0 Å². The molecule has 2 nitrogen and oxygen atoms in total. The van der Waals surface area contributed by atoms with Crippen molar-refractivity contribution in [1.82, 2.24) is 0 Å². The first kappa shape index (κ1) is 15.1. The van der Waals surface area contributed by atoms with Gasteiger partial charge in [0.05, 0.1) is 0 Å². The molecule has 2 rings (SSSR count). The van der Waals surface area contributed by atoms with Crippen molar-refractivity contribution in [1.29, 1.82) is 0 Å². The minimum atomic E-state index is -4.83. The number of halogens is 5. The number of hydrogen-bond acceptors (Lipinski definition) is 1. The first-order valence-electron chi connectivity index (χ1n) is 5.49. The molecule has 0 fully saturated rings. The summed E-state index contributed by atoms with van der Waals surface area (Å²) in [5, 5.41) is -3.92. The lowest BCUT2D eigenvalue weighted by molar-refractivity contribution is -0.209. The first-order chi connectivity index (χ1) is 9.18. The SMILES string of the molecule is O=[P+](O)C1(F)C=CC(F)C(F)(F)C1(F)c1ccccc1. The van der Waals surface area contributed by atoms with Crippen molar-refractivity contribution >= 4 is 8.03 Å². The highest BCUT2D eigenvalue weighted by Gasteiger charge is 2.81. The Labute approximate surface area is 111 Å². The van der Waals surface area contributed by atoms with Crippen molar-refractivity contribution < 1.29 is 31.4 Å². The van der Waals surface area contributed by atoms with Crippen molar-refractivity contribution in [3.8, 4) is 0 Å². The van der Waals surface area contributed by atoms with Crippen molar-refractivity contribution in [2.45, 2.75) is 23.2 Å². The molecule has 1 aromatic rings. The summed E-state index contributed by atoms with van der Waals surface area (Å²) in [6.07, 6.45) is -2.99. The monoisotopic (exact) mass is 311 g/mol. The largest absolute Gasteiger partial charge is 0.554 e. The molecule has 8 heteroatoms. The minimum absolute atomic E-state index is 0.0563. The molecule has 0 amide bonds. The smallest absolute Gasteiger partial charge is 0.236 e. The van der Waals surface area contributed by atoms with Crippen LogP contribution in [0.1, 0.15) is 5.56 Å². The van der Waals surface area contributed by atoms with Gasteiger partial charge in [-0.05, 0) is 10.6 Å². The molecular weight excluding hydrogens is 302 g/mol. The summed E-state index contributed by atoms with van der Waals surface area (Å²) < 4.78 is 81.6. The maximum atomic E-state index is 14.9. The van der Waals surface area contributed by atoms with Gasteiger partial charge in [0.2, 0.25) is 0 Å². The third-order valence-electron chi connectivity index (χ3n) is 3.22. The molecule has 1 aliphatic carbocycles. The van der Waals surface area contributed by atoms with E-state index in [9.17, 15) is 26.5 Å². The average molecular weight is 311 g/mol. The van der Waals surface area contributed by atoms with E-state index < -0.39 is 36.8 Å². The number of hydrogen-bond donors (Lipinski definition) is 1. The van der Waals surface area contributed by atoms with Gasteiger partial charge in [0.1, 0.15) is 0 Å². The van der Waals surface area contributed by atoms with E-state index in [1.54, 1.807) is 0 Å².